The van der Waals surface area contributed by atoms with E-state index in [4.69, 9.17) is 10.9 Å². The van der Waals surface area contributed by atoms with E-state index in [9.17, 15) is 4.79 Å². The number of amidine groups is 1. The Kier molecular flexibility index (Phi) is 4.58. The first kappa shape index (κ1) is 12.8. The second-order valence-corrected chi connectivity index (χ2v) is 4.47. The molecule has 1 fully saturated rings. The van der Waals surface area contributed by atoms with Crippen LogP contribution in [0.1, 0.15) is 33.1 Å². The molecule has 1 rings (SSSR count). The minimum atomic E-state index is -0.532. The third-order valence-electron chi connectivity index (χ3n) is 2.91. The van der Waals surface area contributed by atoms with Gasteiger partial charge in [0.05, 0.1) is 5.92 Å². The maximum atomic E-state index is 12.1. The molecule has 0 bridgehead atoms. The summed E-state index contributed by atoms with van der Waals surface area (Å²) in [6.07, 6.45) is 3.36. The van der Waals surface area contributed by atoms with E-state index in [0.29, 0.717) is 5.92 Å². The Hall–Kier alpha value is -1.26. The number of nitrogens with zero attached hydrogens (tertiary/aromatic N) is 2. The number of carbonyl (C=O) groups is 1. The van der Waals surface area contributed by atoms with Crippen LogP contribution in [0.15, 0.2) is 5.16 Å². The summed E-state index contributed by atoms with van der Waals surface area (Å²) in [6.45, 7) is 5.28. The Morgan fingerprint density at radius 3 is 2.69 bits per heavy atom. The van der Waals surface area contributed by atoms with Gasteiger partial charge < -0.3 is 15.8 Å². The summed E-state index contributed by atoms with van der Waals surface area (Å²) in [5.41, 5.74) is 5.45. The van der Waals surface area contributed by atoms with Crippen molar-refractivity contribution in [2.45, 2.75) is 33.1 Å². The van der Waals surface area contributed by atoms with E-state index in [1.165, 1.54) is 12.8 Å². The van der Waals surface area contributed by atoms with Crippen molar-refractivity contribution in [2.24, 2.45) is 22.7 Å². The van der Waals surface area contributed by atoms with Gasteiger partial charge in [-0.05, 0) is 32.1 Å². The fourth-order valence-corrected chi connectivity index (χ4v) is 1.66. The van der Waals surface area contributed by atoms with Crippen molar-refractivity contribution in [3.63, 3.8) is 0 Å². The van der Waals surface area contributed by atoms with Gasteiger partial charge in [0, 0.05) is 13.1 Å². The van der Waals surface area contributed by atoms with Crippen molar-refractivity contribution in [2.75, 3.05) is 13.1 Å². The van der Waals surface area contributed by atoms with Gasteiger partial charge >= 0.3 is 0 Å². The zero-order valence-electron chi connectivity index (χ0n) is 10.0. The summed E-state index contributed by atoms with van der Waals surface area (Å²) in [4.78, 5) is 13.9. The number of oxime groups is 1. The fourth-order valence-electron chi connectivity index (χ4n) is 1.66. The molecule has 0 aromatic carbocycles. The van der Waals surface area contributed by atoms with E-state index in [1.807, 2.05) is 11.8 Å². The molecule has 0 heterocycles. The van der Waals surface area contributed by atoms with E-state index >= 15 is 0 Å². The first-order chi connectivity index (χ1) is 7.60. The van der Waals surface area contributed by atoms with Crippen molar-refractivity contribution in [1.82, 2.24) is 4.90 Å². The van der Waals surface area contributed by atoms with E-state index in [1.54, 1.807) is 6.92 Å². The number of hydrogen-bond donors (Lipinski definition) is 2. The highest BCUT2D eigenvalue weighted by Crippen LogP contribution is 2.30. The van der Waals surface area contributed by atoms with Crippen LogP contribution in [0.4, 0.5) is 0 Å². The molecule has 0 aromatic heterocycles. The molecule has 0 spiro atoms. The number of amides is 1. The monoisotopic (exact) mass is 227 g/mol. The Labute approximate surface area is 96.3 Å². The van der Waals surface area contributed by atoms with Crippen LogP contribution < -0.4 is 5.73 Å². The molecule has 1 saturated carbocycles. The lowest BCUT2D eigenvalue weighted by Gasteiger charge is -2.24. The number of carbonyl (C=O) groups excluding carboxylic acids is 1. The summed E-state index contributed by atoms with van der Waals surface area (Å²) in [7, 11) is 0. The molecule has 0 saturated heterocycles. The Morgan fingerprint density at radius 1 is 1.62 bits per heavy atom. The highest BCUT2D eigenvalue weighted by Gasteiger charge is 2.29. The van der Waals surface area contributed by atoms with E-state index in [-0.39, 0.29) is 11.7 Å². The van der Waals surface area contributed by atoms with Crippen molar-refractivity contribution in [1.29, 1.82) is 0 Å². The van der Waals surface area contributed by atoms with Gasteiger partial charge in [0.1, 0.15) is 0 Å². The third kappa shape index (κ3) is 3.40. The summed E-state index contributed by atoms with van der Waals surface area (Å²) in [6, 6.07) is 0. The zero-order chi connectivity index (χ0) is 12.1. The van der Waals surface area contributed by atoms with Gasteiger partial charge in [-0.1, -0.05) is 12.1 Å². The van der Waals surface area contributed by atoms with Gasteiger partial charge in [-0.25, -0.2) is 0 Å². The molecular formula is C11H21N3O2. The van der Waals surface area contributed by atoms with Crippen molar-refractivity contribution >= 4 is 11.7 Å². The van der Waals surface area contributed by atoms with Gasteiger partial charge in [-0.2, -0.15) is 0 Å². The Bertz CT molecular complexity index is 274. The maximum absolute atomic E-state index is 12.1. The van der Waals surface area contributed by atoms with Crippen LogP contribution in [0, 0.1) is 11.8 Å². The first-order valence-corrected chi connectivity index (χ1v) is 5.86. The normalized spacial score (nSPS) is 18.2. The smallest absolute Gasteiger partial charge is 0.233 e. The van der Waals surface area contributed by atoms with Gasteiger partial charge in [0.15, 0.2) is 5.84 Å². The molecule has 0 radical (unpaired) electrons. The summed E-state index contributed by atoms with van der Waals surface area (Å²) in [5.74, 6) is 0.0799. The van der Waals surface area contributed by atoms with E-state index in [0.717, 1.165) is 19.5 Å². The van der Waals surface area contributed by atoms with Crippen LogP contribution in [-0.2, 0) is 4.79 Å². The Morgan fingerprint density at radius 2 is 2.25 bits per heavy atom. The topological polar surface area (TPSA) is 78.9 Å². The lowest BCUT2D eigenvalue weighted by molar-refractivity contribution is -0.133. The number of nitrogens with two attached hydrogens (primary N) is 1. The molecule has 1 aliphatic rings. The van der Waals surface area contributed by atoms with Crippen molar-refractivity contribution in [3.05, 3.63) is 0 Å². The SMILES string of the molecule is CCCN(CC1CC1)C(=O)C(C)C(N)=NO. The average molecular weight is 227 g/mol. The van der Waals surface area contributed by atoms with Crippen LogP contribution in [-0.4, -0.2) is 34.9 Å². The van der Waals surface area contributed by atoms with Crippen molar-refractivity contribution in [3.8, 4) is 0 Å². The van der Waals surface area contributed by atoms with E-state index < -0.39 is 5.92 Å². The van der Waals surface area contributed by atoms with Gasteiger partial charge in [0.25, 0.3) is 0 Å². The Balaban J connectivity index is 2.57. The van der Waals surface area contributed by atoms with Crippen LogP contribution in [0.3, 0.4) is 0 Å². The van der Waals surface area contributed by atoms with Crippen LogP contribution in [0.25, 0.3) is 0 Å². The predicted molar refractivity (Wildman–Crippen MR) is 62.2 cm³/mol. The summed E-state index contributed by atoms with van der Waals surface area (Å²) >= 11 is 0. The molecular weight excluding hydrogens is 206 g/mol. The standard InChI is InChI=1S/C11H21N3O2/c1-3-6-14(7-9-4-5-9)11(15)8(2)10(12)13-16/h8-9,16H,3-7H2,1-2H3,(H2,12,13). The molecule has 3 N–H and O–H groups in total. The lowest BCUT2D eigenvalue weighted by atomic mass is 10.1. The molecule has 1 unspecified atom stereocenters. The molecule has 5 heteroatoms. The molecule has 16 heavy (non-hydrogen) atoms. The fraction of sp³-hybridized carbons (Fsp3) is 0.818. The number of rotatable bonds is 6. The number of hydrogen-bond acceptors (Lipinski definition) is 3. The van der Waals surface area contributed by atoms with Gasteiger partial charge in [-0.3, -0.25) is 4.79 Å². The average Bonchev–Trinajstić information content (AvgIpc) is 3.09. The largest absolute Gasteiger partial charge is 0.409 e. The third-order valence-corrected chi connectivity index (χ3v) is 2.91. The molecule has 1 aliphatic carbocycles. The van der Waals surface area contributed by atoms with Crippen molar-refractivity contribution < 1.29 is 10.0 Å². The molecule has 92 valence electrons. The zero-order valence-corrected chi connectivity index (χ0v) is 10.0. The molecule has 5 nitrogen and oxygen atoms in total. The molecule has 1 atom stereocenters. The maximum Gasteiger partial charge on any atom is 0.233 e. The molecule has 1 amide bonds. The predicted octanol–water partition coefficient (Wildman–Crippen LogP) is 1.02. The second-order valence-electron chi connectivity index (χ2n) is 4.47. The van der Waals surface area contributed by atoms with E-state index in [2.05, 4.69) is 5.16 Å². The minimum absolute atomic E-state index is 0.0121. The highest BCUT2D eigenvalue weighted by atomic mass is 16.4. The lowest BCUT2D eigenvalue weighted by Crippen LogP contribution is -2.42. The second kappa shape index (κ2) is 5.72. The highest BCUT2D eigenvalue weighted by molar-refractivity contribution is 6.01. The first-order valence-electron chi connectivity index (χ1n) is 5.86. The van der Waals surface area contributed by atoms with Gasteiger partial charge in [-0.15, -0.1) is 0 Å². The molecule has 0 aromatic rings. The molecule has 0 aliphatic heterocycles. The van der Waals surface area contributed by atoms with Crippen LogP contribution in [0.5, 0.6) is 0 Å². The van der Waals surface area contributed by atoms with Crippen LogP contribution in [0.2, 0.25) is 0 Å². The summed E-state index contributed by atoms with van der Waals surface area (Å²) < 4.78 is 0. The van der Waals surface area contributed by atoms with Gasteiger partial charge in [0.2, 0.25) is 5.91 Å². The minimum Gasteiger partial charge on any atom is -0.409 e. The summed E-state index contributed by atoms with van der Waals surface area (Å²) in [5, 5.41) is 11.4. The quantitative estimate of drug-likeness (QED) is 0.308. The van der Waals surface area contributed by atoms with Crippen LogP contribution >= 0.6 is 0 Å².